The second kappa shape index (κ2) is 6.84. The second-order valence-corrected chi connectivity index (χ2v) is 8.24. The highest BCUT2D eigenvalue weighted by Gasteiger charge is 2.48. The van der Waals surface area contributed by atoms with Gasteiger partial charge < -0.3 is 15.2 Å². The third-order valence-corrected chi connectivity index (χ3v) is 6.29. The van der Waals surface area contributed by atoms with Crippen molar-refractivity contribution in [2.45, 2.75) is 44.2 Å². The van der Waals surface area contributed by atoms with Crippen LogP contribution >= 0.6 is 11.6 Å². The number of primary amides is 1. The van der Waals surface area contributed by atoms with Gasteiger partial charge in [0.2, 0.25) is 0 Å². The Morgan fingerprint density at radius 2 is 2.11 bits per heavy atom. The molecule has 0 radical (unpaired) electrons. The number of aromatic nitrogens is 2. The molecule has 5 rings (SSSR count). The lowest BCUT2D eigenvalue weighted by atomic mass is 9.83. The van der Waals surface area contributed by atoms with Gasteiger partial charge in [-0.05, 0) is 42.2 Å². The van der Waals surface area contributed by atoms with Gasteiger partial charge in [0.1, 0.15) is 0 Å². The molecule has 7 nitrogen and oxygen atoms in total. The summed E-state index contributed by atoms with van der Waals surface area (Å²) in [6.45, 7) is 4.69. The molecule has 1 aromatic heterocycles. The summed E-state index contributed by atoms with van der Waals surface area (Å²) in [5.41, 5.74) is 9.18. The van der Waals surface area contributed by atoms with E-state index in [0.717, 1.165) is 68.1 Å². The molecule has 1 unspecified atom stereocenters. The van der Waals surface area contributed by atoms with Crippen LogP contribution in [0.2, 0.25) is 5.02 Å². The number of rotatable bonds is 3. The Morgan fingerprint density at radius 1 is 1.29 bits per heavy atom. The quantitative estimate of drug-likeness (QED) is 0.850. The van der Waals surface area contributed by atoms with E-state index in [-0.39, 0.29) is 0 Å². The molecule has 4 heterocycles. The zero-order chi connectivity index (χ0) is 19.3. The van der Waals surface area contributed by atoms with Crippen LogP contribution in [0, 0.1) is 0 Å². The van der Waals surface area contributed by atoms with E-state index in [9.17, 15) is 4.79 Å². The van der Waals surface area contributed by atoms with E-state index >= 15 is 0 Å². The van der Waals surface area contributed by atoms with Crippen LogP contribution in [-0.4, -0.2) is 40.3 Å². The Labute approximate surface area is 168 Å². The van der Waals surface area contributed by atoms with Crippen molar-refractivity contribution < 1.29 is 14.3 Å². The van der Waals surface area contributed by atoms with E-state index in [0.29, 0.717) is 11.6 Å². The molecular formula is C20H23ClN4O3. The number of hydrogen-bond acceptors (Lipinski definition) is 5. The Morgan fingerprint density at radius 3 is 2.86 bits per heavy atom. The van der Waals surface area contributed by atoms with Gasteiger partial charge in [-0.2, -0.15) is 5.10 Å². The lowest BCUT2D eigenvalue weighted by Gasteiger charge is -2.39. The first-order chi connectivity index (χ1) is 13.5. The maximum atomic E-state index is 11.9. The summed E-state index contributed by atoms with van der Waals surface area (Å²) in [5, 5.41) is 5.35. The molecule has 28 heavy (non-hydrogen) atoms. The Kier molecular flexibility index (Phi) is 4.43. The summed E-state index contributed by atoms with van der Waals surface area (Å²) in [7, 11) is 0. The average molecular weight is 403 g/mol. The zero-order valence-corrected chi connectivity index (χ0v) is 16.3. The lowest BCUT2D eigenvalue weighted by molar-refractivity contribution is -0.148. The zero-order valence-electron chi connectivity index (χ0n) is 15.6. The number of carbonyl (C=O) groups excluding carboxylic acids is 1. The third-order valence-electron chi connectivity index (χ3n) is 6.05. The van der Waals surface area contributed by atoms with Gasteiger partial charge in [-0.1, -0.05) is 17.7 Å². The van der Waals surface area contributed by atoms with E-state index < -0.39 is 17.6 Å². The summed E-state index contributed by atoms with van der Waals surface area (Å²) in [6.07, 6.45) is 0.889. The first-order valence-corrected chi connectivity index (χ1v) is 10.0. The molecule has 1 aromatic carbocycles. The molecule has 8 heteroatoms. The first-order valence-electron chi connectivity index (χ1n) is 9.67. The lowest BCUT2D eigenvalue weighted by Crippen LogP contribution is -2.42. The normalized spacial score (nSPS) is 23.5. The molecule has 1 spiro atoms. The van der Waals surface area contributed by atoms with Crippen molar-refractivity contribution >= 4 is 17.5 Å². The predicted molar refractivity (Wildman–Crippen MR) is 103 cm³/mol. The molecule has 1 saturated heterocycles. The number of ether oxygens (including phenoxy) is 2. The minimum absolute atomic E-state index is 0.450. The molecule has 0 aliphatic carbocycles. The summed E-state index contributed by atoms with van der Waals surface area (Å²) in [4.78, 5) is 14.3. The number of benzene rings is 1. The standard InChI is InChI=1S/C20H23ClN4O3/c21-13-1-2-16-17(9-13)20(28-18(16)19(22)26)3-5-24(6-4-20)11-14-10-15-12-27-8-7-25(15)23-14/h1-2,9-10,18H,3-8,11-12H2,(H2,22,26). The summed E-state index contributed by atoms with van der Waals surface area (Å²) >= 11 is 6.24. The molecular weight excluding hydrogens is 380 g/mol. The van der Waals surface area contributed by atoms with Gasteiger partial charge in [0.05, 0.1) is 36.7 Å². The fraction of sp³-hybridized carbons (Fsp3) is 0.500. The van der Waals surface area contributed by atoms with Crippen LogP contribution in [-0.2, 0) is 39.6 Å². The number of nitrogens with two attached hydrogens (primary N) is 1. The molecule has 148 valence electrons. The number of piperidine rings is 1. The third kappa shape index (κ3) is 3.03. The number of likely N-dealkylation sites (tertiary alicyclic amines) is 1. The minimum Gasteiger partial charge on any atom is -0.373 e. The molecule has 3 aliphatic heterocycles. The maximum Gasteiger partial charge on any atom is 0.251 e. The highest BCUT2D eigenvalue weighted by molar-refractivity contribution is 6.30. The van der Waals surface area contributed by atoms with Crippen LogP contribution < -0.4 is 5.73 Å². The molecule has 3 aliphatic rings. The van der Waals surface area contributed by atoms with Crippen LogP contribution in [0.4, 0.5) is 0 Å². The number of carbonyl (C=O) groups is 1. The largest absolute Gasteiger partial charge is 0.373 e. The van der Waals surface area contributed by atoms with Crippen LogP contribution in [0.15, 0.2) is 24.3 Å². The van der Waals surface area contributed by atoms with Gasteiger partial charge in [0, 0.05) is 24.7 Å². The highest BCUT2D eigenvalue weighted by atomic mass is 35.5. The van der Waals surface area contributed by atoms with Gasteiger partial charge in [-0.25, -0.2) is 0 Å². The smallest absolute Gasteiger partial charge is 0.251 e. The van der Waals surface area contributed by atoms with Crippen LogP contribution in [0.5, 0.6) is 0 Å². The van der Waals surface area contributed by atoms with E-state index in [1.165, 1.54) is 0 Å². The molecule has 1 atom stereocenters. The van der Waals surface area contributed by atoms with Crippen molar-refractivity contribution in [2.75, 3.05) is 19.7 Å². The number of amides is 1. The van der Waals surface area contributed by atoms with Crippen LogP contribution in [0.3, 0.4) is 0 Å². The van der Waals surface area contributed by atoms with Gasteiger partial charge in [0.15, 0.2) is 6.10 Å². The van der Waals surface area contributed by atoms with Gasteiger partial charge in [-0.15, -0.1) is 0 Å². The predicted octanol–water partition coefficient (Wildman–Crippen LogP) is 2.11. The van der Waals surface area contributed by atoms with Crippen molar-refractivity contribution in [3.63, 3.8) is 0 Å². The molecule has 1 fully saturated rings. The number of halogens is 1. The van der Waals surface area contributed by atoms with Crippen molar-refractivity contribution in [2.24, 2.45) is 5.73 Å². The minimum atomic E-state index is -0.696. The highest BCUT2D eigenvalue weighted by Crippen LogP contribution is 2.50. The average Bonchev–Trinajstić information content (AvgIpc) is 3.23. The second-order valence-electron chi connectivity index (χ2n) is 7.81. The molecule has 0 bridgehead atoms. The fourth-order valence-corrected chi connectivity index (χ4v) is 4.81. The number of fused-ring (bicyclic) bond motifs is 3. The van der Waals surface area contributed by atoms with E-state index in [1.54, 1.807) is 6.07 Å². The molecule has 2 aromatic rings. The number of hydrogen-bond donors (Lipinski definition) is 1. The van der Waals surface area contributed by atoms with Gasteiger partial charge in [-0.3, -0.25) is 14.4 Å². The molecule has 1 amide bonds. The first kappa shape index (κ1) is 18.1. The summed E-state index contributed by atoms with van der Waals surface area (Å²) in [5.74, 6) is -0.450. The van der Waals surface area contributed by atoms with E-state index in [1.807, 2.05) is 16.8 Å². The van der Waals surface area contributed by atoms with E-state index in [4.69, 9.17) is 31.9 Å². The van der Waals surface area contributed by atoms with Gasteiger partial charge >= 0.3 is 0 Å². The van der Waals surface area contributed by atoms with Crippen molar-refractivity contribution in [1.82, 2.24) is 14.7 Å². The fourth-order valence-electron chi connectivity index (χ4n) is 4.63. The van der Waals surface area contributed by atoms with Crippen molar-refractivity contribution in [3.05, 3.63) is 51.8 Å². The summed E-state index contributed by atoms with van der Waals surface area (Å²) in [6, 6.07) is 7.72. The topological polar surface area (TPSA) is 82.6 Å². The van der Waals surface area contributed by atoms with Crippen LogP contribution in [0.25, 0.3) is 0 Å². The molecule has 2 N–H and O–H groups in total. The van der Waals surface area contributed by atoms with Crippen molar-refractivity contribution in [3.8, 4) is 0 Å². The Balaban J connectivity index is 1.32. The molecule has 0 saturated carbocycles. The monoisotopic (exact) mass is 402 g/mol. The number of nitrogens with zero attached hydrogens (tertiary/aromatic N) is 3. The van der Waals surface area contributed by atoms with E-state index in [2.05, 4.69) is 11.0 Å². The maximum absolute atomic E-state index is 11.9. The SMILES string of the molecule is NC(=O)C1OC2(CCN(Cc3cc4n(n3)CCOC4)CC2)c2cc(Cl)ccc21. The summed E-state index contributed by atoms with van der Waals surface area (Å²) < 4.78 is 13.8. The Bertz CT molecular complexity index is 897. The van der Waals surface area contributed by atoms with Crippen molar-refractivity contribution in [1.29, 1.82) is 0 Å². The Hall–Kier alpha value is -1.93. The van der Waals surface area contributed by atoms with Gasteiger partial charge in [0.25, 0.3) is 5.91 Å². The van der Waals surface area contributed by atoms with Crippen LogP contribution in [0.1, 0.15) is 41.5 Å².